The first-order valence-corrected chi connectivity index (χ1v) is 8.49. The molecule has 1 heterocycles. The van der Waals surface area contributed by atoms with Crippen LogP contribution in [-0.4, -0.2) is 35.4 Å². The van der Waals surface area contributed by atoms with Crippen LogP contribution in [0.5, 0.6) is 0 Å². The SMILES string of the molecule is Nc1ccc(C(=O)N2CCC(COCc3ccccc3)C2)cc1[N+](=O)[O-]. The Morgan fingerprint density at radius 3 is 2.77 bits per heavy atom. The van der Waals surface area contributed by atoms with Gasteiger partial charge in [-0.3, -0.25) is 14.9 Å². The second-order valence-corrected chi connectivity index (χ2v) is 6.44. The van der Waals surface area contributed by atoms with Crippen LogP contribution < -0.4 is 5.73 Å². The van der Waals surface area contributed by atoms with Crippen molar-refractivity contribution < 1.29 is 14.5 Å². The van der Waals surface area contributed by atoms with Gasteiger partial charge < -0.3 is 15.4 Å². The number of amides is 1. The van der Waals surface area contributed by atoms with Crippen molar-refractivity contribution in [1.29, 1.82) is 0 Å². The number of ether oxygens (including phenoxy) is 1. The summed E-state index contributed by atoms with van der Waals surface area (Å²) in [6, 6.07) is 14.1. The average molecular weight is 355 g/mol. The smallest absolute Gasteiger partial charge is 0.292 e. The molecule has 0 spiro atoms. The van der Waals surface area contributed by atoms with Crippen molar-refractivity contribution in [2.24, 2.45) is 5.92 Å². The number of rotatable bonds is 6. The molecule has 26 heavy (non-hydrogen) atoms. The van der Waals surface area contributed by atoms with Crippen LogP contribution in [0.3, 0.4) is 0 Å². The molecule has 0 aliphatic carbocycles. The molecule has 1 unspecified atom stereocenters. The van der Waals surface area contributed by atoms with Crippen molar-refractivity contribution >= 4 is 17.3 Å². The van der Waals surface area contributed by atoms with Crippen molar-refractivity contribution in [1.82, 2.24) is 4.90 Å². The van der Waals surface area contributed by atoms with Gasteiger partial charge in [-0.05, 0) is 24.1 Å². The number of nitro benzene ring substituents is 1. The van der Waals surface area contributed by atoms with Gasteiger partial charge in [-0.15, -0.1) is 0 Å². The highest BCUT2D eigenvalue weighted by Crippen LogP contribution is 2.25. The summed E-state index contributed by atoms with van der Waals surface area (Å²) in [5.74, 6) is 0.0603. The van der Waals surface area contributed by atoms with Crippen molar-refractivity contribution in [2.45, 2.75) is 13.0 Å². The molecule has 2 aromatic carbocycles. The van der Waals surface area contributed by atoms with Crippen LogP contribution in [0.4, 0.5) is 11.4 Å². The Kier molecular flexibility index (Phi) is 5.48. The fourth-order valence-electron chi connectivity index (χ4n) is 3.09. The van der Waals surface area contributed by atoms with E-state index < -0.39 is 4.92 Å². The quantitative estimate of drug-likeness (QED) is 0.488. The molecule has 7 nitrogen and oxygen atoms in total. The van der Waals surface area contributed by atoms with Gasteiger partial charge in [0.05, 0.1) is 18.1 Å². The number of nitrogens with zero attached hydrogens (tertiary/aromatic N) is 2. The number of hydrogen-bond acceptors (Lipinski definition) is 5. The number of benzene rings is 2. The standard InChI is InChI=1S/C19H21N3O4/c20-17-7-6-16(10-18(17)22(24)25)19(23)21-9-8-15(11-21)13-26-12-14-4-2-1-3-5-14/h1-7,10,15H,8-9,11-13,20H2. The molecule has 0 bridgehead atoms. The van der Waals surface area contributed by atoms with Gasteiger partial charge in [0.2, 0.25) is 0 Å². The summed E-state index contributed by atoms with van der Waals surface area (Å²) in [7, 11) is 0. The van der Waals surface area contributed by atoms with Gasteiger partial charge in [0.1, 0.15) is 5.69 Å². The Hall–Kier alpha value is -2.93. The number of carbonyl (C=O) groups excluding carboxylic acids is 1. The zero-order valence-electron chi connectivity index (χ0n) is 14.3. The van der Waals surface area contributed by atoms with E-state index in [1.54, 1.807) is 4.90 Å². The van der Waals surface area contributed by atoms with Crippen LogP contribution in [0.15, 0.2) is 48.5 Å². The van der Waals surface area contributed by atoms with Crippen LogP contribution in [0.2, 0.25) is 0 Å². The van der Waals surface area contributed by atoms with Gasteiger partial charge in [-0.2, -0.15) is 0 Å². The van der Waals surface area contributed by atoms with E-state index in [4.69, 9.17) is 10.5 Å². The Morgan fingerprint density at radius 2 is 2.04 bits per heavy atom. The monoisotopic (exact) mass is 355 g/mol. The summed E-state index contributed by atoms with van der Waals surface area (Å²) in [6.45, 7) is 2.35. The van der Waals surface area contributed by atoms with Crippen molar-refractivity contribution in [3.05, 3.63) is 69.8 Å². The highest BCUT2D eigenvalue weighted by Gasteiger charge is 2.28. The second kappa shape index (κ2) is 7.97. The van der Waals surface area contributed by atoms with E-state index in [0.717, 1.165) is 12.0 Å². The number of likely N-dealkylation sites (tertiary alicyclic amines) is 1. The molecule has 1 saturated heterocycles. The van der Waals surface area contributed by atoms with Gasteiger partial charge in [0.15, 0.2) is 0 Å². The van der Waals surface area contributed by atoms with Crippen LogP contribution >= 0.6 is 0 Å². The third kappa shape index (κ3) is 4.18. The first kappa shape index (κ1) is 17.9. The summed E-state index contributed by atoms with van der Waals surface area (Å²) >= 11 is 0. The van der Waals surface area contributed by atoms with Crippen molar-refractivity contribution in [3.63, 3.8) is 0 Å². The van der Waals surface area contributed by atoms with Gasteiger partial charge in [0.25, 0.3) is 11.6 Å². The van der Waals surface area contributed by atoms with Crippen molar-refractivity contribution in [3.8, 4) is 0 Å². The Morgan fingerprint density at radius 1 is 1.27 bits per heavy atom. The van der Waals surface area contributed by atoms with Crippen LogP contribution in [0, 0.1) is 16.0 Å². The molecular formula is C19H21N3O4. The largest absolute Gasteiger partial charge is 0.393 e. The third-order valence-corrected chi connectivity index (χ3v) is 4.51. The molecule has 3 rings (SSSR count). The molecule has 0 radical (unpaired) electrons. The maximum absolute atomic E-state index is 12.6. The number of hydrogen-bond donors (Lipinski definition) is 1. The van der Waals surface area contributed by atoms with Gasteiger partial charge in [-0.25, -0.2) is 0 Å². The fourth-order valence-corrected chi connectivity index (χ4v) is 3.09. The normalized spacial score (nSPS) is 16.6. The lowest BCUT2D eigenvalue weighted by Gasteiger charge is -2.17. The van der Waals surface area contributed by atoms with E-state index in [9.17, 15) is 14.9 Å². The molecule has 0 saturated carbocycles. The fraction of sp³-hybridized carbons (Fsp3) is 0.316. The lowest BCUT2D eigenvalue weighted by molar-refractivity contribution is -0.383. The van der Waals surface area contributed by atoms with Crippen LogP contribution in [0.1, 0.15) is 22.3 Å². The zero-order valence-corrected chi connectivity index (χ0v) is 14.3. The van der Waals surface area contributed by atoms with E-state index in [0.29, 0.717) is 26.3 Å². The Labute approximate surface area is 151 Å². The highest BCUT2D eigenvalue weighted by atomic mass is 16.6. The molecule has 136 valence electrons. The summed E-state index contributed by atoms with van der Waals surface area (Å²) in [4.78, 5) is 24.7. The number of nitrogens with two attached hydrogens (primary N) is 1. The number of carbonyl (C=O) groups is 1. The van der Waals surface area contributed by atoms with Gasteiger partial charge >= 0.3 is 0 Å². The summed E-state index contributed by atoms with van der Waals surface area (Å²) in [6.07, 6.45) is 0.859. The number of nitro groups is 1. The molecule has 1 atom stereocenters. The molecule has 2 N–H and O–H groups in total. The number of nitrogen functional groups attached to an aromatic ring is 1. The topological polar surface area (TPSA) is 98.7 Å². The summed E-state index contributed by atoms with van der Waals surface area (Å²) in [5, 5.41) is 11.0. The Balaban J connectivity index is 1.54. The van der Waals surface area contributed by atoms with E-state index in [2.05, 4.69) is 0 Å². The Bertz CT molecular complexity index is 795. The predicted molar refractivity (Wildman–Crippen MR) is 97.6 cm³/mol. The van der Waals surface area contributed by atoms with E-state index in [1.165, 1.54) is 18.2 Å². The predicted octanol–water partition coefficient (Wildman–Crippen LogP) is 2.86. The molecule has 7 heteroatoms. The minimum Gasteiger partial charge on any atom is -0.393 e. The third-order valence-electron chi connectivity index (χ3n) is 4.51. The molecular weight excluding hydrogens is 334 g/mol. The molecule has 0 aromatic heterocycles. The maximum atomic E-state index is 12.6. The first-order valence-electron chi connectivity index (χ1n) is 8.49. The van der Waals surface area contributed by atoms with Gasteiger partial charge in [0, 0.05) is 30.6 Å². The second-order valence-electron chi connectivity index (χ2n) is 6.44. The van der Waals surface area contributed by atoms with Crippen molar-refractivity contribution in [2.75, 3.05) is 25.4 Å². The van der Waals surface area contributed by atoms with E-state index >= 15 is 0 Å². The first-order chi connectivity index (χ1) is 12.5. The summed E-state index contributed by atoms with van der Waals surface area (Å²) < 4.78 is 5.76. The maximum Gasteiger partial charge on any atom is 0.292 e. The molecule has 1 amide bonds. The highest BCUT2D eigenvalue weighted by molar-refractivity contribution is 5.95. The molecule has 2 aromatic rings. The zero-order chi connectivity index (χ0) is 18.5. The van der Waals surface area contributed by atoms with Gasteiger partial charge in [-0.1, -0.05) is 30.3 Å². The lowest BCUT2D eigenvalue weighted by Crippen LogP contribution is -2.29. The van der Waals surface area contributed by atoms with E-state index in [-0.39, 0.29) is 28.8 Å². The minimum atomic E-state index is -0.573. The lowest BCUT2D eigenvalue weighted by atomic mass is 10.1. The minimum absolute atomic E-state index is 0.0557. The average Bonchev–Trinajstić information content (AvgIpc) is 3.11. The van der Waals surface area contributed by atoms with Crippen LogP contribution in [0.25, 0.3) is 0 Å². The molecule has 1 aliphatic rings. The number of anilines is 1. The molecule has 1 fully saturated rings. The molecule has 1 aliphatic heterocycles. The summed E-state index contributed by atoms with van der Waals surface area (Å²) in [5.41, 5.74) is 6.81. The van der Waals surface area contributed by atoms with E-state index in [1.807, 2.05) is 30.3 Å². The van der Waals surface area contributed by atoms with Crippen LogP contribution in [-0.2, 0) is 11.3 Å².